The molecule has 1 aliphatic rings. The minimum absolute atomic E-state index is 0.0228. The maximum Gasteiger partial charge on any atom is 0.211 e. The van der Waals surface area contributed by atoms with Crippen LogP contribution in [0.2, 0.25) is 10.0 Å². The number of carbonyl (C=O) groups excluding carboxylic acids is 2. The summed E-state index contributed by atoms with van der Waals surface area (Å²) in [6.07, 6.45) is 1.14. The first-order valence-corrected chi connectivity index (χ1v) is 14.7. The molecule has 5 N–H and O–H groups in total. The number of carbonyl (C=O) groups is 2. The molecule has 7 nitrogen and oxygen atoms in total. The van der Waals surface area contributed by atoms with Gasteiger partial charge in [-0.3, -0.25) is 9.59 Å². The van der Waals surface area contributed by atoms with Crippen molar-refractivity contribution in [1.82, 2.24) is 10.6 Å². The van der Waals surface area contributed by atoms with Crippen LogP contribution in [0.5, 0.6) is 0 Å². The van der Waals surface area contributed by atoms with Crippen molar-refractivity contribution in [2.75, 3.05) is 18.4 Å². The number of hydrogen-bond acceptors (Lipinski definition) is 5. The van der Waals surface area contributed by atoms with Crippen molar-refractivity contribution < 1.29 is 24.2 Å². The van der Waals surface area contributed by atoms with Gasteiger partial charge in [-0.05, 0) is 65.5 Å². The number of aliphatic hydroxyl groups is 2. The van der Waals surface area contributed by atoms with Gasteiger partial charge in [0, 0.05) is 30.3 Å². The molecule has 0 aromatic heterocycles. The molecule has 1 fully saturated rings. The van der Waals surface area contributed by atoms with Gasteiger partial charge in [-0.2, -0.15) is 0 Å². The summed E-state index contributed by atoms with van der Waals surface area (Å²) in [6.45, 7) is 16.5. The van der Waals surface area contributed by atoms with Gasteiger partial charge in [0.2, 0.25) is 12.8 Å². The third-order valence-corrected chi connectivity index (χ3v) is 6.15. The third kappa shape index (κ3) is 17.4. The van der Waals surface area contributed by atoms with E-state index in [9.17, 15) is 14.0 Å². The molecule has 0 heterocycles. The number of hydrogen-bond donors (Lipinski definition) is 5. The van der Waals surface area contributed by atoms with E-state index in [4.69, 9.17) is 33.4 Å². The van der Waals surface area contributed by atoms with Crippen LogP contribution in [0.1, 0.15) is 78.4 Å². The smallest absolute Gasteiger partial charge is 0.211 e. The summed E-state index contributed by atoms with van der Waals surface area (Å²) in [7, 11) is 0. The Morgan fingerprint density at radius 2 is 1.61 bits per heavy atom. The monoisotopic (exact) mass is 615 g/mol. The Morgan fingerprint density at radius 3 is 2.12 bits per heavy atom. The molecular weight excluding hydrogens is 568 g/mol. The molecule has 1 aliphatic carbocycles. The van der Waals surface area contributed by atoms with Gasteiger partial charge in [-0.1, -0.05) is 83.8 Å². The van der Waals surface area contributed by atoms with Gasteiger partial charge in [0.15, 0.2) is 0 Å². The van der Waals surface area contributed by atoms with E-state index in [0.717, 1.165) is 5.56 Å². The van der Waals surface area contributed by atoms with Crippen molar-refractivity contribution in [2.45, 2.75) is 86.0 Å². The number of nitrogens with one attached hydrogen (secondary N) is 3. The fourth-order valence-corrected chi connectivity index (χ4v) is 4.12. The maximum absolute atomic E-state index is 13.6. The number of amides is 2. The van der Waals surface area contributed by atoms with Crippen LogP contribution in [0.3, 0.4) is 0 Å². The quantitative estimate of drug-likeness (QED) is 0.195. The molecule has 0 bridgehead atoms. The van der Waals surface area contributed by atoms with E-state index < -0.39 is 18.0 Å². The van der Waals surface area contributed by atoms with Crippen LogP contribution in [0.4, 0.5) is 10.1 Å². The fraction of sp³-hybridized carbons (Fsp3) is 0.548. The summed E-state index contributed by atoms with van der Waals surface area (Å²) in [4.78, 5) is 20.5. The van der Waals surface area contributed by atoms with Crippen LogP contribution in [-0.2, 0) is 16.1 Å². The lowest BCUT2D eigenvalue weighted by Crippen LogP contribution is -2.20. The molecule has 2 amide bonds. The van der Waals surface area contributed by atoms with E-state index in [-0.39, 0.29) is 16.9 Å². The topological polar surface area (TPSA) is 111 Å². The van der Waals surface area contributed by atoms with Gasteiger partial charge >= 0.3 is 0 Å². The second kappa shape index (κ2) is 20.6. The van der Waals surface area contributed by atoms with Crippen molar-refractivity contribution in [2.24, 2.45) is 11.3 Å². The van der Waals surface area contributed by atoms with E-state index in [1.165, 1.54) is 12.1 Å². The van der Waals surface area contributed by atoms with Crippen molar-refractivity contribution >= 4 is 41.7 Å². The largest absolute Gasteiger partial charge is 0.390 e. The minimum Gasteiger partial charge on any atom is -0.390 e. The first kappa shape index (κ1) is 38.8. The van der Waals surface area contributed by atoms with Gasteiger partial charge in [0.05, 0.1) is 17.2 Å². The standard InChI is InChI=1S/C17H17Cl2FN2O.C7H13NO3.C5H12.C2H6/c1-11(12-3-2-4-14(18)5-12)8-21-9-13-6-16(20)15(19)7-17(13)22-10-23;9-4-8-3-5-1-6(10)7(11)2-5;1-5(2,3)4;1-2/h2-7,10-11,21H,8-9H2,1H3,(H,22,23);4-7,10-11H,1-3H2,(H,8,9);1-4H3;1-2H3. The van der Waals surface area contributed by atoms with Crippen LogP contribution in [0.25, 0.3) is 0 Å². The Balaban J connectivity index is 0.000000735. The predicted octanol–water partition coefficient (Wildman–Crippen LogP) is 6.54. The number of aliphatic hydroxyl groups excluding tert-OH is 2. The Labute approximate surface area is 255 Å². The van der Waals surface area contributed by atoms with E-state index in [0.29, 0.717) is 67.0 Å². The molecule has 0 radical (unpaired) electrons. The SMILES string of the molecule is CC.CC(C)(C)C.CC(CNCc1cc(F)c(Cl)cc1NC=O)c1cccc(Cl)c1.O=CNCC1CC(O)C(O)C1. The molecule has 2 aromatic rings. The minimum atomic E-state index is -0.603. The number of halogens is 3. The second-order valence-corrected chi connectivity index (χ2v) is 12.1. The van der Waals surface area contributed by atoms with Crippen molar-refractivity contribution in [3.05, 3.63) is 63.4 Å². The molecule has 3 unspecified atom stereocenters. The number of benzene rings is 2. The zero-order chi connectivity index (χ0) is 31.6. The average Bonchev–Trinajstić information content (AvgIpc) is 3.23. The second-order valence-electron chi connectivity index (χ2n) is 11.3. The van der Waals surface area contributed by atoms with Gasteiger partial charge in [-0.25, -0.2) is 4.39 Å². The summed E-state index contributed by atoms with van der Waals surface area (Å²) in [5.74, 6) is -0.0404. The highest BCUT2D eigenvalue weighted by molar-refractivity contribution is 6.31. The molecule has 3 rings (SSSR count). The van der Waals surface area contributed by atoms with E-state index in [1.54, 1.807) is 0 Å². The van der Waals surface area contributed by atoms with Gasteiger partial charge in [-0.15, -0.1) is 0 Å². The molecule has 0 aliphatic heterocycles. The lowest BCUT2D eigenvalue weighted by atomic mass is 10.0. The highest BCUT2D eigenvalue weighted by Gasteiger charge is 2.30. The average molecular weight is 617 g/mol. The van der Waals surface area contributed by atoms with Crippen LogP contribution < -0.4 is 16.0 Å². The Kier molecular flexibility index (Phi) is 19.5. The van der Waals surface area contributed by atoms with Crippen molar-refractivity contribution in [1.29, 1.82) is 0 Å². The summed E-state index contributed by atoms with van der Waals surface area (Å²) in [5, 5.41) is 27.2. The van der Waals surface area contributed by atoms with Crippen molar-refractivity contribution in [3.8, 4) is 0 Å². The normalized spacial score (nSPS) is 18.3. The Hall–Kier alpha value is -2.23. The van der Waals surface area contributed by atoms with Gasteiger partial charge in [0.1, 0.15) is 5.82 Å². The highest BCUT2D eigenvalue weighted by Crippen LogP contribution is 2.26. The lowest BCUT2D eigenvalue weighted by molar-refractivity contribution is -0.109. The van der Waals surface area contributed by atoms with E-state index in [2.05, 4.69) is 50.6 Å². The Morgan fingerprint density at radius 1 is 1.02 bits per heavy atom. The van der Waals surface area contributed by atoms with Gasteiger partial charge < -0.3 is 26.2 Å². The Bertz CT molecular complexity index is 1020. The van der Waals surface area contributed by atoms with E-state index >= 15 is 0 Å². The summed E-state index contributed by atoms with van der Waals surface area (Å²) < 4.78 is 13.6. The molecule has 0 saturated heterocycles. The molecule has 2 aromatic carbocycles. The zero-order valence-electron chi connectivity index (χ0n) is 25.3. The molecule has 1 saturated carbocycles. The first-order chi connectivity index (χ1) is 19.2. The number of anilines is 1. The highest BCUT2D eigenvalue weighted by atomic mass is 35.5. The zero-order valence-corrected chi connectivity index (χ0v) is 26.8. The molecule has 3 atom stereocenters. The number of rotatable bonds is 10. The summed E-state index contributed by atoms with van der Waals surface area (Å²) in [5.41, 5.74) is 2.75. The van der Waals surface area contributed by atoms with Crippen LogP contribution in [0.15, 0.2) is 36.4 Å². The summed E-state index contributed by atoms with van der Waals surface area (Å²) in [6, 6.07) is 10.4. The summed E-state index contributed by atoms with van der Waals surface area (Å²) >= 11 is 11.7. The van der Waals surface area contributed by atoms with Crippen molar-refractivity contribution in [3.63, 3.8) is 0 Å². The van der Waals surface area contributed by atoms with Crippen LogP contribution >= 0.6 is 23.2 Å². The maximum atomic E-state index is 13.6. The molecule has 41 heavy (non-hydrogen) atoms. The van der Waals surface area contributed by atoms with E-state index in [1.807, 2.05) is 38.1 Å². The fourth-order valence-electron chi connectivity index (χ4n) is 3.76. The molecular formula is C31H48Cl2FN3O4. The van der Waals surface area contributed by atoms with Crippen LogP contribution in [0, 0.1) is 17.2 Å². The van der Waals surface area contributed by atoms with Crippen LogP contribution in [-0.4, -0.2) is 48.3 Å². The molecule has 10 heteroatoms. The lowest BCUT2D eigenvalue weighted by Gasteiger charge is -2.15. The first-order valence-electron chi connectivity index (χ1n) is 13.9. The van der Waals surface area contributed by atoms with Gasteiger partial charge in [0.25, 0.3) is 0 Å². The third-order valence-electron chi connectivity index (χ3n) is 5.63. The predicted molar refractivity (Wildman–Crippen MR) is 168 cm³/mol. The molecule has 0 spiro atoms. The molecule has 232 valence electrons.